The summed E-state index contributed by atoms with van der Waals surface area (Å²) in [5.41, 5.74) is 0.699. The minimum absolute atomic E-state index is 0.0873. The van der Waals surface area contributed by atoms with Crippen molar-refractivity contribution >= 4 is 29.1 Å². The van der Waals surface area contributed by atoms with E-state index < -0.39 is 5.91 Å². The topological polar surface area (TPSA) is 68.0 Å². The molecule has 0 unspecified atom stereocenters. The molecule has 5 nitrogen and oxygen atoms in total. The second-order valence-electron chi connectivity index (χ2n) is 3.47. The normalized spacial score (nSPS) is 10.4. The number of nitrogens with zero attached hydrogens (tertiary/aromatic N) is 2. The Balaban J connectivity index is 2.24. The van der Waals surface area contributed by atoms with Crippen molar-refractivity contribution in [2.45, 2.75) is 6.42 Å². The van der Waals surface area contributed by atoms with Gasteiger partial charge >= 0.3 is 11.8 Å². The van der Waals surface area contributed by atoms with Gasteiger partial charge in [-0.15, -0.1) is 0 Å². The Morgan fingerprint density at radius 2 is 2.06 bits per heavy atom. The van der Waals surface area contributed by atoms with Gasteiger partial charge in [0.05, 0.1) is 0 Å². The molecule has 1 amide bonds. The third-order valence-electron chi connectivity index (χ3n) is 2.29. The van der Waals surface area contributed by atoms with Crippen molar-refractivity contribution in [1.82, 2.24) is 15.5 Å². The highest BCUT2D eigenvalue weighted by molar-refractivity contribution is 6.36. The number of halogens is 2. The Morgan fingerprint density at radius 1 is 1.39 bits per heavy atom. The van der Waals surface area contributed by atoms with E-state index in [1.807, 2.05) is 0 Å². The number of hydrogen-bond donors (Lipinski definition) is 1. The lowest BCUT2D eigenvalue weighted by Crippen LogP contribution is -2.18. The van der Waals surface area contributed by atoms with E-state index in [-0.39, 0.29) is 5.89 Å². The van der Waals surface area contributed by atoms with E-state index in [9.17, 15) is 4.79 Å². The predicted octanol–water partition coefficient (Wildman–Crippen LogP) is 2.33. The zero-order valence-corrected chi connectivity index (χ0v) is 10.9. The molecule has 1 heterocycles. The van der Waals surface area contributed by atoms with Gasteiger partial charge in [0.25, 0.3) is 0 Å². The molecule has 7 heteroatoms. The number of benzene rings is 1. The lowest BCUT2D eigenvalue weighted by atomic mass is 10.1. The van der Waals surface area contributed by atoms with Gasteiger partial charge in [0.1, 0.15) is 0 Å². The molecule has 1 aromatic heterocycles. The average Bonchev–Trinajstić information content (AvgIpc) is 2.81. The summed E-state index contributed by atoms with van der Waals surface area (Å²) in [5, 5.41) is 7.14. The zero-order chi connectivity index (χ0) is 13.1. The molecule has 2 rings (SSSR count). The minimum Gasteiger partial charge on any atom is -0.351 e. The second kappa shape index (κ2) is 5.37. The molecule has 2 aromatic rings. The van der Waals surface area contributed by atoms with E-state index >= 15 is 0 Å². The van der Waals surface area contributed by atoms with Crippen molar-refractivity contribution in [3.63, 3.8) is 0 Å². The van der Waals surface area contributed by atoms with Crippen molar-refractivity contribution in [3.05, 3.63) is 45.5 Å². The summed E-state index contributed by atoms with van der Waals surface area (Å²) in [6.07, 6.45) is 0.305. The van der Waals surface area contributed by atoms with Crippen molar-refractivity contribution in [3.8, 4) is 0 Å². The minimum atomic E-state index is -0.431. The van der Waals surface area contributed by atoms with Crippen molar-refractivity contribution in [2.75, 3.05) is 7.05 Å². The van der Waals surface area contributed by atoms with Gasteiger partial charge < -0.3 is 9.84 Å². The highest BCUT2D eigenvalue weighted by atomic mass is 35.5. The molecule has 0 radical (unpaired) electrons. The molecule has 18 heavy (non-hydrogen) atoms. The van der Waals surface area contributed by atoms with Crippen LogP contribution in [0.3, 0.4) is 0 Å². The number of aromatic nitrogens is 2. The molecule has 94 valence electrons. The summed E-state index contributed by atoms with van der Waals surface area (Å²) in [6, 6.07) is 5.20. The molecule has 0 aliphatic rings. The lowest BCUT2D eigenvalue weighted by Gasteiger charge is -2.02. The van der Waals surface area contributed by atoms with E-state index in [0.29, 0.717) is 27.9 Å². The molecule has 0 saturated carbocycles. The summed E-state index contributed by atoms with van der Waals surface area (Å²) < 4.78 is 4.81. The van der Waals surface area contributed by atoms with Gasteiger partial charge in [0.2, 0.25) is 0 Å². The molecule has 0 spiro atoms. The van der Waals surface area contributed by atoms with Crippen LogP contribution in [0.2, 0.25) is 10.0 Å². The highest BCUT2D eigenvalue weighted by Crippen LogP contribution is 2.26. The fourth-order valence-electron chi connectivity index (χ4n) is 1.38. The van der Waals surface area contributed by atoms with Gasteiger partial charge in [-0.2, -0.15) is 4.98 Å². The number of amides is 1. The van der Waals surface area contributed by atoms with Crippen molar-refractivity contribution in [1.29, 1.82) is 0 Å². The van der Waals surface area contributed by atoms with Crippen LogP contribution < -0.4 is 5.32 Å². The Labute approximate surface area is 113 Å². The standard InChI is InChI=1S/C11H9Cl2N3O2/c1-14-10(17)11-15-9(16-18-11)5-6-7(12)3-2-4-8(6)13/h2-4H,5H2,1H3,(H,14,17). The SMILES string of the molecule is CNC(=O)c1nc(Cc2c(Cl)cccc2Cl)no1. The Kier molecular flexibility index (Phi) is 3.84. The summed E-state index contributed by atoms with van der Waals surface area (Å²) in [7, 11) is 1.48. The predicted molar refractivity (Wildman–Crippen MR) is 67.0 cm³/mol. The molecule has 1 aromatic carbocycles. The largest absolute Gasteiger partial charge is 0.351 e. The molecule has 0 bridgehead atoms. The first kappa shape index (κ1) is 12.9. The maximum absolute atomic E-state index is 11.3. The fraction of sp³-hybridized carbons (Fsp3) is 0.182. The monoisotopic (exact) mass is 285 g/mol. The maximum Gasteiger partial charge on any atom is 0.315 e. The molecule has 0 aliphatic carbocycles. The highest BCUT2D eigenvalue weighted by Gasteiger charge is 2.15. The van der Waals surface area contributed by atoms with Crippen LogP contribution in [0.25, 0.3) is 0 Å². The van der Waals surface area contributed by atoms with Gasteiger partial charge in [0.15, 0.2) is 5.82 Å². The van der Waals surface area contributed by atoms with Crippen LogP contribution in [0.4, 0.5) is 0 Å². The van der Waals surface area contributed by atoms with E-state index in [0.717, 1.165) is 0 Å². The maximum atomic E-state index is 11.3. The van der Waals surface area contributed by atoms with Crippen LogP contribution in [0.5, 0.6) is 0 Å². The Bertz CT molecular complexity index is 563. The number of rotatable bonds is 3. The van der Waals surface area contributed by atoms with Gasteiger partial charge in [-0.25, -0.2) is 0 Å². The molecule has 0 saturated heterocycles. The lowest BCUT2D eigenvalue weighted by molar-refractivity contribution is 0.0919. The van der Waals surface area contributed by atoms with E-state index in [4.69, 9.17) is 27.7 Å². The number of carbonyl (C=O) groups is 1. The first-order valence-corrected chi connectivity index (χ1v) is 5.85. The molecule has 1 N–H and O–H groups in total. The van der Waals surface area contributed by atoms with Gasteiger partial charge in [0, 0.05) is 23.5 Å². The van der Waals surface area contributed by atoms with Crippen LogP contribution in [-0.2, 0) is 6.42 Å². The third-order valence-corrected chi connectivity index (χ3v) is 2.99. The smallest absolute Gasteiger partial charge is 0.315 e. The first-order valence-electron chi connectivity index (χ1n) is 5.09. The second-order valence-corrected chi connectivity index (χ2v) is 4.29. The molecular formula is C11H9Cl2N3O2. The molecular weight excluding hydrogens is 277 g/mol. The summed E-state index contributed by atoms with van der Waals surface area (Å²) in [6.45, 7) is 0. The fourth-order valence-corrected chi connectivity index (χ4v) is 1.92. The van der Waals surface area contributed by atoms with Crippen LogP contribution in [0.15, 0.2) is 22.7 Å². The van der Waals surface area contributed by atoms with Gasteiger partial charge in [-0.3, -0.25) is 4.79 Å². The quantitative estimate of drug-likeness (QED) is 0.940. The average molecular weight is 286 g/mol. The molecule has 0 atom stereocenters. The van der Waals surface area contributed by atoms with E-state index in [2.05, 4.69) is 15.5 Å². The third kappa shape index (κ3) is 2.63. The van der Waals surface area contributed by atoms with Crippen LogP contribution in [-0.4, -0.2) is 23.1 Å². The Hall–Kier alpha value is -1.59. The molecule has 0 aliphatic heterocycles. The molecule has 0 fully saturated rings. The van der Waals surface area contributed by atoms with Crippen LogP contribution in [0, 0.1) is 0 Å². The van der Waals surface area contributed by atoms with Crippen molar-refractivity contribution in [2.24, 2.45) is 0 Å². The first-order chi connectivity index (χ1) is 8.61. The summed E-state index contributed by atoms with van der Waals surface area (Å²) in [4.78, 5) is 15.2. The van der Waals surface area contributed by atoms with Crippen LogP contribution in [0.1, 0.15) is 22.1 Å². The summed E-state index contributed by atoms with van der Waals surface area (Å²) in [5.74, 6) is -0.168. The number of nitrogens with one attached hydrogen (secondary N) is 1. The van der Waals surface area contributed by atoms with E-state index in [1.54, 1.807) is 18.2 Å². The number of carbonyl (C=O) groups excluding carboxylic acids is 1. The van der Waals surface area contributed by atoms with Crippen LogP contribution >= 0.6 is 23.2 Å². The zero-order valence-electron chi connectivity index (χ0n) is 9.41. The van der Waals surface area contributed by atoms with Crippen molar-refractivity contribution < 1.29 is 9.32 Å². The van der Waals surface area contributed by atoms with E-state index in [1.165, 1.54) is 7.05 Å². The Morgan fingerprint density at radius 3 is 2.67 bits per heavy atom. The van der Waals surface area contributed by atoms with Gasteiger partial charge in [-0.05, 0) is 17.7 Å². The summed E-state index contributed by atoms with van der Waals surface area (Å²) >= 11 is 12.1. The van der Waals surface area contributed by atoms with Gasteiger partial charge in [-0.1, -0.05) is 34.4 Å². The number of hydrogen-bond acceptors (Lipinski definition) is 4.